The predicted octanol–water partition coefficient (Wildman–Crippen LogP) is 2.41. The maximum atomic E-state index is 12.1. The van der Waals surface area contributed by atoms with Crippen LogP contribution in [0.25, 0.3) is 0 Å². The van der Waals surface area contributed by atoms with Crippen molar-refractivity contribution in [2.75, 3.05) is 13.1 Å². The molecular formula is C13H17ClN2OS. The number of thiophene rings is 1. The summed E-state index contributed by atoms with van der Waals surface area (Å²) in [7, 11) is 0. The second-order valence-corrected chi connectivity index (χ2v) is 7.09. The molecule has 18 heavy (non-hydrogen) atoms. The van der Waals surface area contributed by atoms with Crippen molar-refractivity contribution in [1.29, 1.82) is 0 Å². The fourth-order valence-corrected chi connectivity index (χ4v) is 3.97. The molecule has 1 aliphatic carbocycles. The van der Waals surface area contributed by atoms with Crippen molar-refractivity contribution in [3.63, 3.8) is 0 Å². The summed E-state index contributed by atoms with van der Waals surface area (Å²) in [6.07, 6.45) is 3.37. The number of nitrogens with one attached hydrogen (secondary N) is 2. The summed E-state index contributed by atoms with van der Waals surface area (Å²) in [6, 6.07) is 3.85. The van der Waals surface area contributed by atoms with E-state index < -0.39 is 0 Å². The van der Waals surface area contributed by atoms with E-state index in [1.807, 2.05) is 12.1 Å². The van der Waals surface area contributed by atoms with Crippen LogP contribution in [-0.2, 0) is 11.3 Å². The molecule has 2 N–H and O–H groups in total. The van der Waals surface area contributed by atoms with Gasteiger partial charge in [-0.25, -0.2) is 0 Å². The highest BCUT2D eigenvalue weighted by Gasteiger charge is 2.57. The van der Waals surface area contributed by atoms with Gasteiger partial charge in [0.1, 0.15) is 0 Å². The summed E-state index contributed by atoms with van der Waals surface area (Å²) in [5.41, 5.74) is 0.322. The molecule has 3 nitrogen and oxygen atoms in total. The van der Waals surface area contributed by atoms with Gasteiger partial charge in [0, 0.05) is 10.8 Å². The molecule has 3 rings (SSSR count). The zero-order valence-corrected chi connectivity index (χ0v) is 11.7. The third kappa shape index (κ3) is 2.42. The van der Waals surface area contributed by atoms with Gasteiger partial charge in [-0.15, -0.1) is 11.3 Å². The molecule has 2 fully saturated rings. The summed E-state index contributed by atoms with van der Waals surface area (Å²) in [4.78, 5) is 13.2. The van der Waals surface area contributed by atoms with Crippen molar-refractivity contribution in [1.82, 2.24) is 10.6 Å². The molecule has 0 aromatic carbocycles. The van der Waals surface area contributed by atoms with Gasteiger partial charge in [-0.05, 0) is 49.9 Å². The van der Waals surface area contributed by atoms with Gasteiger partial charge in [-0.2, -0.15) is 0 Å². The Labute approximate surface area is 116 Å². The lowest BCUT2D eigenvalue weighted by Gasteiger charge is -2.23. The van der Waals surface area contributed by atoms with E-state index in [1.165, 1.54) is 11.3 Å². The topological polar surface area (TPSA) is 41.1 Å². The summed E-state index contributed by atoms with van der Waals surface area (Å²) in [5, 5.41) is 6.39. The first kappa shape index (κ1) is 12.5. The Morgan fingerprint density at radius 2 is 2.28 bits per heavy atom. The van der Waals surface area contributed by atoms with Crippen molar-refractivity contribution in [2.45, 2.75) is 25.8 Å². The lowest BCUT2D eigenvalue weighted by Crippen LogP contribution is -2.33. The molecule has 1 amide bonds. The standard InChI is InChI=1S/C13H17ClN2OS/c14-11-2-1-9(18-11)8-16-12(17)10-7-13(10)3-5-15-6-4-13/h1-2,10,15H,3-8H2,(H,16,17). The van der Waals surface area contributed by atoms with E-state index in [-0.39, 0.29) is 11.8 Å². The minimum atomic E-state index is 0.224. The maximum Gasteiger partial charge on any atom is 0.223 e. The van der Waals surface area contributed by atoms with Crippen LogP contribution in [0.15, 0.2) is 12.1 Å². The van der Waals surface area contributed by atoms with Crippen LogP contribution in [-0.4, -0.2) is 19.0 Å². The smallest absolute Gasteiger partial charge is 0.223 e. The first-order chi connectivity index (χ1) is 8.70. The number of hydrogen-bond donors (Lipinski definition) is 2. The van der Waals surface area contributed by atoms with Crippen molar-refractivity contribution >= 4 is 28.8 Å². The third-order valence-electron chi connectivity index (χ3n) is 4.17. The molecule has 1 aromatic heterocycles. The largest absolute Gasteiger partial charge is 0.351 e. The third-order valence-corrected chi connectivity index (χ3v) is 5.40. The van der Waals surface area contributed by atoms with Crippen LogP contribution in [0.4, 0.5) is 0 Å². The van der Waals surface area contributed by atoms with Gasteiger partial charge in [-0.3, -0.25) is 4.79 Å². The quantitative estimate of drug-likeness (QED) is 0.895. The predicted molar refractivity (Wildman–Crippen MR) is 73.8 cm³/mol. The molecule has 0 radical (unpaired) electrons. The van der Waals surface area contributed by atoms with Crippen LogP contribution in [0.1, 0.15) is 24.1 Å². The number of piperidine rings is 1. The number of hydrogen-bond acceptors (Lipinski definition) is 3. The number of rotatable bonds is 3. The van der Waals surface area contributed by atoms with E-state index in [0.717, 1.165) is 41.6 Å². The van der Waals surface area contributed by atoms with E-state index in [2.05, 4.69) is 10.6 Å². The summed E-state index contributed by atoms with van der Waals surface area (Å²) >= 11 is 7.40. The zero-order valence-electron chi connectivity index (χ0n) is 10.2. The highest BCUT2D eigenvalue weighted by Crippen LogP contribution is 2.58. The van der Waals surface area contributed by atoms with E-state index in [4.69, 9.17) is 11.6 Å². The van der Waals surface area contributed by atoms with Gasteiger partial charge >= 0.3 is 0 Å². The van der Waals surface area contributed by atoms with Gasteiger partial charge < -0.3 is 10.6 Å². The molecule has 1 saturated heterocycles. The number of carbonyl (C=O) groups excluding carboxylic acids is 1. The average molecular weight is 285 g/mol. The summed E-state index contributed by atoms with van der Waals surface area (Å²) in [5.74, 6) is 0.469. The second-order valence-electron chi connectivity index (χ2n) is 5.29. The van der Waals surface area contributed by atoms with Crippen LogP contribution < -0.4 is 10.6 Å². The first-order valence-corrected chi connectivity index (χ1v) is 7.62. The highest BCUT2D eigenvalue weighted by molar-refractivity contribution is 7.16. The van der Waals surface area contributed by atoms with E-state index >= 15 is 0 Å². The Morgan fingerprint density at radius 1 is 1.50 bits per heavy atom. The van der Waals surface area contributed by atoms with Crippen LogP contribution in [0.5, 0.6) is 0 Å². The van der Waals surface area contributed by atoms with Crippen molar-refractivity contribution in [2.24, 2.45) is 11.3 Å². The van der Waals surface area contributed by atoms with Crippen molar-refractivity contribution in [3.05, 3.63) is 21.3 Å². The highest BCUT2D eigenvalue weighted by atomic mass is 35.5. The molecule has 1 unspecified atom stereocenters. The van der Waals surface area contributed by atoms with Gasteiger partial charge in [0.05, 0.1) is 10.9 Å². The molecule has 1 atom stereocenters. The fourth-order valence-electron chi connectivity index (χ4n) is 2.94. The van der Waals surface area contributed by atoms with Crippen LogP contribution in [0.2, 0.25) is 4.34 Å². The van der Waals surface area contributed by atoms with Crippen LogP contribution >= 0.6 is 22.9 Å². The van der Waals surface area contributed by atoms with Crippen LogP contribution in [0, 0.1) is 11.3 Å². The number of halogens is 1. The van der Waals surface area contributed by atoms with E-state index in [0.29, 0.717) is 12.0 Å². The Morgan fingerprint density at radius 3 is 2.94 bits per heavy atom. The molecule has 98 valence electrons. The average Bonchev–Trinajstić information content (AvgIpc) is 2.89. The maximum absolute atomic E-state index is 12.1. The SMILES string of the molecule is O=C(NCc1ccc(Cl)s1)C1CC12CCNCC2. The van der Waals surface area contributed by atoms with Crippen molar-refractivity contribution in [3.8, 4) is 0 Å². The van der Waals surface area contributed by atoms with E-state index in [9.17, 15) is 4.79 Å². The molecule has 1 aliphatic heterocycles. The molecule has 2 heterocycles. The second kappa shape index (κ2) is 4.83. The Balaban J connectivity index is 1.51. The van der Waals surface area contributed by atoms with E-state index in [1.54, 1.807) is 0 Å². The monoisotopic (exact) mass is 284 g/mol. The minimum absolute atomic E-state index is 0.224. The number of carbonyl (C=O) groups is 1. The Bertz CT molecular complexity index is 454. The molecule has 1 spiro atoms. The normalized spacial score (nSPS) is 25.1. The molecular weight excluding hydrogens is 268 g/mol. The lowest BCUT2D eigenvalue weighted by atomic mass is 9.92. The summed E-state index contributed by atoms with van der Waals surface area (Å²) < 4.78 is 0.778. The van der Waals surface area contributed by atoms with Crippen LogP contribution in [0.3, 0.4) is 0 Å². The van der Waals surface area contributed by atoms with Crippen molar-refractivity contribution < 1.29 is 4.79 Å². The van der Waals surface area contributed by atoms with Gasteiger partial charge in [0.25, 0.3) is 0 Å². The lowest BCUT2D eigenvalue weighted by molar-refractivity contribution is -0.123. The van der Waals surface area contributed by atoms with Gasteiger partial charge in [-0.1, -0.05) is 11.6 Å². The Hall–Kier alpha value is -0.580. The molecule has 2 aliphatic rings. The molecule has 1 aromatic rings. The fraction of sp³-hybridized carbons (Fsp3) is 0.615. The van der Waals surface area contributed by atoms with Gasteiger partial charge in [0.15, 0.2) is 0 Å². The molecule has 1 saturated carbocycles. The zero-order chi connectivity index (χ0) is 12.6. The minimum Gasteiger partial charge on any atom is -0.351 e. The summed E-state index contributed by atoms with van der Waals surface area (Å²) in [6.45, 7) is 2.73. The Kier molecular flexibility index (Phi) is 3.34. The first-order valence-electron chi connectivity index (χ1n) is 6.42. The van der Waals surface area contributed by atoms with Gasteiger partial charge in [0.2, 0.25) is 5.91 Å². The molecule has 5 heteroatoms. The number of amides is 1. The molecule has 0 bridgehead atoms.